The highest BCUT2D eigenvalue weighted by molar-refractivity contribution is 7.91. The van der Waals surface area contributed by atoms with Crippen LogP contribution in [0.1, 0.15) is 28.6 Å². The number of carbonyl (C=O) groups excluding carboxylic acids is 1. The van der Waals surface area contributed by atoms with Crippen LogP contribution < -0.4 is 5.32 Å². The number of hydrogen-bond acceptors (Lipinski definition) is 5. The van der Waals surface area contributed by atoms with Crippen LogP contribution in [0.25, 0.3) is 10.9 Å². The zero-order valence-corrected chi connectivity index (χ0v) is 17.1. The fourth-order valence-electron chi connectivity index (χ4n) is 3.31. The minimum Gasteiger partial charge on any atom is -0.305 e. The Bertz CT molecular complexity index is 1210. The first-order valence-corrected chi connectivity index (χ1v) is 11.1. The van der Waals surface area contributed by atoms with Crippen LogP contribution in [0.15, 0.2) is 30.3 Å². The Balaban J connectivity index is 1.64. The summed E-state index contributed by atoms with van der Waals surface area (Å²) >= 11 is 12.3. The topological polar surface area (TPSA) is 94.0 Å². The maximum atomic E-state index is 12.8. The number of halogens is 2. The number of pyridine rings is 1. The number of nitrogens with one attached hydrogen (secondary N) is 1. The Hall–Kier alpha value is -2.16. The van der Waals surface area contributed by atoms with Crippen molar-refractivity contribution in [1.82, 2.24) is 14.8 Å². The highest BCUT2D eigenvalue weighted by Gasteiger charge is 2.31. The lowest BCUT2D eigenvalue weighted by molar-refractivity contribution is 0.102. The molecule has 3 aromatic rings. The van der Waals surface area contributed by atoms with Crippen molar-refractivity contribution in [3.8, 4) is 0 Å². The van der Waals surface area contributed by atoms with E-state index in [9.17, 15) is 13.2 Å². The number of hydrogen-bond donors (Lipinski definition) is 1. The Labute approximate surface area is 171 Å². The molecule has 1 N–H and O–H groups in total. The van der Waals surface area contributed by atoms with Gasteiger partial charge in [0.05, 0.1) is 33.8 Å². The summed E-state index contributed by atoms with van der Waals surface area (Å²) < 4.78 is 25.2. The molecule has 0 radical (unpaired) electrons. The van der Waals surface area contributed by atoms with Crippen molar-refractivity contribution in [2.45, 2.75) is 19.4 Å². The zero-order chi connectivity index (χ0) is 20.1. The number of fused-ring (bicyclic) bond motifs is 1. The number of carbonyl (C=O) groups is 1. The lowest BCUT2D eigenvalue weighted by atomic mass is 10.2. The van der Waals surface area contributed by atoms with Crippen LogP contribution in [-0.2, 0) is 9.84 Å². The van der Waals surface area contributed by atoms with E-state index in [1.54, 1.807) is 35.9 Å². The van der Waals surface area contributed by atoms with Gasteiger partial charge in [-0.1, -0.05) is 23.2 Å². The summed E-state index contributed by atoms with van der Waals surface area (Å²) in [6, 6.07) is 7.93. The van der Waals surface area contributed by atoms with Crippen LogP contribution in [-0.4, -0.2) is 40.6 Å². The summed E-state index contributed by atoms with van der Waals surface area (Å²) in [4.78, 5) is 17.1. The minimum atomic E-state index is -3.08. The standard InChI is InChI=1S/C18H16Cl2N4O3S/c1-10-6-17(24(23-10)12-4-5-28(26,27)9-12)22-18(25)16-8-14(20)13-7-11(19)2-3-15(13)21-16/h2-3,6-8,12H,4-5,9H2,1H3,(H,22,25)/t12-/m0/s1. The van der Waals surface area contributed by atoms with Gasteiger partial charge < -0.3 is 5.32 Å². The Morgan fingerprint density at radius 1 is 1.25 bits per heavy atom. The average Bonchev–Trinajstić information content (AvgIpc) is 3.17. The maximum Gasteiger partial charge on any atom is 0.275 e. The van der Waals surface area contributed by atoms with Gasteiger partial charge in [-0.15, -0.1) is 0 Å². The first kappa shape index (κ1) is 19.2. The van der Waals surface area contributed by atoms with Crippen molar-refractivity contribution >= 4 is 55.7 Å². The van der Waals surface area contributed by atoms with Crippen molar-refractivity contribution in [2.75, 3.05) is 16.8 Å². The molecule has 1 saturated heterocycles. The quantitative estimate of drug-likeness (QED) is 0.672. The lowest BCUT2D eigenvalue weighted by Gasteiger charge is -2.14. The van der Waals surface area contributed by atoms with Crippen LogP contribution in [0.2, 0.25) is 10.0 Å². The normalized spacial score (nSPS) is 18.5. The molecule has 1 atom stereocenters. The number of amides is 1. The van der Waals surface area contributed by atoms with Gasteiger partial charge in [-0.2, -0.15) is 5.10 Å². The van der Waals surface area contributed by atoms with Gasteiger partial charge in [0.1, 0.15) is 11.5 Å². The first-order chi connectivity index (χ1) is 13.2. The highest BCUT2D eigenvalue weighted by atomic mass is 35.5. The monoisotopic (exact) mass is 438 g/mol. The molecule has 0 unspecified atom stereocenters. The molecule has 146 valence electrons. The van der Waals surface area contributed by atoms with Gasteiger partial charge >= 0.3 is 0 Å². The third kappa shape index (κ3) is 3.72. The van der Waals surface area contributed by atoms with Gasteiger partial charge in [0, 0.05) is 16.5 Å². The van der Waals surface area contributed by atoms with E-state index in [1.807, 2.05) is 0 Å². The Morgan fingerprint density at radius 3 is 2.75 bits per heavy atom. The first-order valence-electron chi connectivity index (χ1n) is 8.55. The summed E-state index contributed by atoms with van der Waals surface area (Å²) in [7, 11) is -3.08. The molecule has 0 aliphatic carbocycles. The second kappa shape index (κ2) is 7.02. The lowest BCUT2D eigenvalue weighted by Crippen LogP contribution is -2.20. The molecule has 1 amide bonds. The van der Waals surface area contributed by atoms with Crippen LogP contribution in [0.3, 0.4) is 0 Å². The van der Waals surface area contributed by atoms with Gasteiger partial charge in [-0.25, -0.2) is 18.1 Å². The fourth-order valence-corrected chi connectivity index (χ4v) is 5.43. The SMILES string of the molecule is Cc1cc(NC(=O)c2cc(Cl)c3cc(Cl)ccc3n2)n([C@H]2CCS(=O)(=O)C2)n1. The number of aryl methyl sites for hydroxylation is 1. The average molecular weight is 439 g/mol. The third-order valence-corrected chi connectivity index (χ3v) is 6.90. The molecular formula is C18H16Cl2N4O3S. The summed E-state index contributed by atoms with van der Waals surface area (Å²) in [6.45, 7) is 1.78. The molecule has 10 heteroatoms. The zero-order valence-electron chi connectivity index (χ0n) is 14.8. The number of rotatable bonds is 3. The molecule has 1 aliphatic rings. The molecule has 7 nitrogen and oxygen atoms in total. The number of benzene rings is 1. The van der Waals surface area contributed by atoms with Gasteiger partial charge in [0.2, 0.25) is 0 Å². The number of aromatic nitrogens is 3. The summed E-state index contributed by atoms with van der Waals surface area (Å²) in [5, 5.41) is 8.68. The molecule has 28 heavy (non-hydrogen) atoms. The van der Waals surface area contributed by atoms with Crippen molar-refractivity contribution < 1.29 is 13.2 Å². The maximum absolute atomic E-state index is 12.8. The van der Waals surface area contributed by atoms with Gasteiger partial charge in [0.25, 0.3) is 5.91 Å². The van der Waals surface area contributed by atoms with Crippen LogP contribution in [0.4, 0.5) is 5.82 Å². The van der Waals surface area contributed by atoms with Gasteiger partial charge in [0.15, 0.2) is 9.84 Å². The minimum absolute atomic E-state index is 0.0117. The smallest absolute Gasteiger partial charge is 0.275 e. The van der Waals surface area contributed by atoms with Crippen molar-refractivity contribution in [3.63, 3.8) is 0 Å². The second-order valence-electron chi connectivity index (χ2n) is 6.78. The number of nitrogens with zero attached hydrogens (tertiary/aromatic N) is 3. The van der Waals surface area contributed by atoms with E-state index in [-0.39, 0.29) is 23.2 Å². The number of anilines is 1. The predicted molar refractivity (Wildman–Crippen MR) is 109 cm³/mol. The van der Waals surface area contributed by atoms with Crippen LogP contribution >= 0.6 is 23.2 Å². The largest absolute Gasteiger partial charge is 0.305 e. The number of sulfone groups is 1. The third-order valence-electron chi connectivity index (χ3n) is 4.61. The molecule has 4 rings (SSSR count). The molecule has 1 aliphatic heterocycles. The van der Waals surface area contributed by atoms with E-state index in [0.717, 1.165) is 0 Å². The molecule has 1 aromatic carbocycles. The van der Waals surface area contributed by atoms with Crippen molar-refractivity contribution in [1.29, 1.82) is 0 Å². The van der Waals surface area contributed by atoms with Crippen molar-refractivity contribution in [2.24, 2.45) is 0 Å². The molecule has 1 fully saturated rings. The molecule has 0 spiro atoms. The van der Waals surface area contributed by atoms with Crippen LogP contribution in [0, 0.1) is 6.92 Å². The molecule has 0 saturated carbocycles. The van der Waals surface area contributed by atoms with Crippen LogP contribution in [0.5, 0.6) is 0 Å². The van der Waals surface area contributed by atoms with E-state index >= 15 is 0 Å². The predicted octanol–water partition coefficient (Wildman–Crippen LogP) is 3.66. The molecule has 3 heterocycles. The van der Waals surface area contributed by atoms with Gasteiger partial charge in [-0.05, 0) is 37.6 Å². The van der Waals surface area contributed by atoms with Crippen molar-refractivity contribution in [3.05, 3.63) is 51.8 Å². The molecule has 0 bridgehead atoms. The Morgan fingerprint density at radius 2 is 2.04 bits per heavy atom. The fraction of sp³-hybridized carbons (Fsp3) is 0.278. The van der Waals surface area contributed by atoms with Gasteiger partial charge in [-0.3, -0.25) is 4.79 Å². The summed E-state index contributed by atoms with van der Waals surface area (Å²) in [5.74, 6) is 0.103. The van der Waals surface area contributed by atoms with E-state index < -0.39 is 15.7 Å². The van der Waals surface area contributed by atoms with E-state index in [2.05, 4.69) is 15.4 Å². The Kier molecular flexibility index (Phi) is 4.81. The molecule has 2 aromatic heterocycles. The second-order valence-corrected chi connectivity index (χ2v) is 9.85. The molecular weight excluding hydrogens is 423 g/mol. The summed E-state index contributed by atoms with van der Waals surface area (Å²) in [6.07, 6.45) is 0.465. The van der Waals surface area contributed by atoms with E-state index in [4.69, 9.17) is 23.2 Å². The van der Waals surface area contributed by atoms with E-state index in [0.29, 0.717) is 38.9 Å². The van der Waals surface area contributed by atoms with E-state index in [1.165, 1.54) is 6.07 Å². The highest BCUT2D eigenvalue weighted by Crippen LogP contribution is 2.29. The summed E-state index contributed by atoms with van der Waals surface area (Å²) in [5.41, 5.74) is 1.37.